The summed E-state index contributed by atoms with van der Waals surface area (Å²) in [5, 5.41) is 3.30. The Morgan fingerprint density at radius 2 is 2.47 bits per heavy atom. The largest absolute Gasteiger partial charge is 0.335 e. The smallest absolute Gasteiger partial charge is 0.257 e. The molecule has 1 aromatic rings. The van der Waals surface area contributed by atoms with E-state index in [1.165, 1.54) is 12.5 Å². The van der Waals surface area contributed by atoms with Crippen LogP contribution in [0.15, 0.2) is 22.7 Å². The Morgan fingerprint density at radius 3 is 3.07 bits per heavy atom. The lowest BCUT2D eigenvalue weighted by atomic mass is 10.4. The molecule has 8 nitrogen and oxygen atoms in total. The van der Waals surface area contributed by atoms with Crippen LogP contribution in [-0.4, -0.2) is 31.5 Å². The van der Waals surface area contributed by atoms with Crippen molar-refractivity contribution in [3.05, 3.63) is 23.0 Å². The zero-order chi connectivity index (χ0) is 11.1. The highest BCUT2D eigenvalue weighted by molar-refractivity contribution is 7.89. The number of aromatic amines is 1. The zero-order valence-electron chi connectivity index (χ0n) is 7.79. The lowest BCUT2D eigenvalue weighted by molar-refractivity contribution is 0.576. The van der Waals surface area contributed by atoms with Gasteiger partial charge in [-0.2, -0.15) is 0 Å². The van der Waals surface area contributed by atoms with Gasteiger partial charge in [0.2, 0.25) is 0 Å². The molecule has 0 amide bonds. The Balaban J connectivity index is 2.41. The predicted molar refractivity (Wildman–Crippen MR) is 52.4 cm³/mol. The van der Waals surface area contributed by atoms with Gasteiger partial charge >= 0.3 is 0 Å². The van der Waals surface area contributed by atoms with E-state index >= 15 is 0 Å². The van der Waals surface area contributed by atoms with E-state index in [9.17, 15) is 8.42 Å². The first kappa shape index (κ1) is 11.5. The predicted octanol–water partition coefficient (Wildman–Crippen LogP) is 0.388. The molecule has 0 aromatic carbocycles. The van der Waals surface area contributed by atoms with Crippen molar-refractivity contribution in [3.8, 4) is 0 Å². The number of hydrogen-bond acceptors (Lipinski definition) is 4. The van der Waals surface area contributed by atoms with E-state index in [-0.39, 0.29) is 18.1 Å². The Labute approximate surface area is 86.4 Å². The first-order valence-electron chi connectivity index (χ1n) is 4.16. The maximum absolute atomic E-state index is 11.4. The van der Waals surface area contributed by atoms with E-state index < -0.39 is 10.0 Å². The molecular weight excluding hydrogens is 220 g/mol. The average Bonchev–Trinajstić information content (AvgIpc) is 2.70. The first-order valence-corrected chi connectivity index (χ1v) is 5.64. The second kappa shape index (κ2) is 5.35. The van der Waals surface area contributed by atoms with E-state index in [1.807, 2.05) is 0 Å². The van der Waals surface area contributed by atoms with E-state index in [2.05, 4.69) is 24.7 Å². The summed E-state index contributed by atoms with van der Waals surface area (Å²) in [5.74, 6) is 0. The van der Waals surface area contributed by atoms with Crippen molar-refractivity contribution in [1.82, 2.24) is 14.7 Å². The Bertz CT molecular complexity index is 432. The van der Waals surface area contributed by atoms with Crippen LogP contribution >= 0.6 is 0 Å². The molecule has 0 saturated heterocycles. The topological polar surface area (TPSA) is 124 Å². The standard InChI is InChI=1S/C6H10N6O2S/c7-12-10-2-1-3-11-15(13,14)6-4-8-5-9-6/h4-5,11H,1-3H2,(H,8,9). The molecule has 0 aliphatic heterocycles. The third kappa shape index (κ3) is 3.58. The van der Waals surface area contributed by atoms with Gasteiger partial charge in [-0.1, -0.05) is 5.11 Å². The summed E-state index contributed by atoms with van der Waals surface area (Å²) in [7, 11) is -3.51. The van der Waals surface area contributed by atoms with Gasteiger partial charge in [0.15, 0.2) is 5.03 Å². The third-order valence-corrected chi connectivity index (χ3v) is 2.94. The number of nitrogens with one attached hydrogen (secondary N) is 2. The molecule has 0 aliphatic carbocycles. The van der Waals surface area contributed by atoms with Crippen molar-refractivity contribution in [1.29, 1.82) is 0 Å². The highest BCUT2D eigenvalue weighted by atomic mass is 32.2. The van der Waals surface area contributed by atoms with Crippen molar-refractivity contribution in [3.63, 3.8) is 0 Å². The fraction of sp³-hybridized carbons (Fsp3) is 0.500. The monoisotopic (exact) mass is 230 g/mol. The number of rotatable bonds is 6. The van der Waals surface area contributed by atoms with Crippen molar-refractivity contribution < 1.29 is 8.42 Å². The van der Waals surface area contributed by atoms with Crippen molar-refractivity contribution in [2.45, 2.75) is 11.4 Å². The zero-order valence-corrected chi connectivity index (χ0v) is 8.61. The molecule has 0 radical (unpaired) electrons. The number of nitrogens with zero attached hydrogens (tertiary/aromatic N) is 4. The van der Waals surface area contributed by atoms with Gasteiger partial charge in [0.1, 0.15) is 0 Å². The number of hydrogen-bond donors (Lipinski definition) is 2. The van der Waals surface area contributed by atoms with Gasteiger partial charge in [-0.25, -0.2) is 18.1 Å². The van der Waals surface area contributed by atoms with E-state index in [0.29, 0.717) is 6.42 Å². The van der Waals surface area contributed by atoms with Gasteiger partial charge < -0.3 is 4.98 Å². The van der Waals surface area contributed by atoms with Crippen LogP contribution in [0.1, 0.15) is 6.42 Å². The first-order chi connectivity index (χ1) is 7.17. The maximum atomic E-state index is 11.4. The van der Waals surface area contributed by atoms with Crippen LogP contribution < -0.4 is 4.72 Å². The Kier molecular flexibility index (Phi) is 4.10. The van der Waals surface area contributed by atoms with Crippen LogP contribution in [-0.2, 0) is 10.0 Å². The van der Waals surface area contributed by atoms with Gasteiger partial charge in [0.05, 0.1) is 12.5 Å². The quantitative estimate of drug-likeness (QED) is 0.318. The number of sulfonamides is 1. The van der Waals surface area contributed by atoms with E-state index in [1.54, 1.807) is 0 Å². The molecule has 1 rings (SSSR count). The Hall–Kier alpha value is -1.57. The molecule has 0 spiro atoms. The maximum Gasteiger partial charge on any atom is 0.257 e. The summed E-state index contributed by atoms with van der Waals surface area (Å²) in [4.78, 5) is 8.64. The number of azide groups is 1. The van der Waals surface area contributed by atoms with Crippen molar-refractivity contribution in [2.75, 3.05) is 13.1 Å². The number of imidazole rings is 1. The highest BCUT2D eigenvalue weighted by Gasteiger charge is 2.13. The van der Waals surface area contributed by atoms with Gasteiger partial charge in [-0.3, -0.25) is 0 Å². The van der Waals surface area contributed by atoms with Crippen molar-refractivity contribution >= 4 is 10.0 Å². The summed E-state index contributed by atoms with van der Waals surface area (Å²) in [6.45, 7) is 0.488. The molecule has 2 N–H and O–H groups in total. The highest BCUT2D eigenvalue weighted by Crippen LogP contribution is 2.01. The Morgan fingerprint density at radius 1 is 1.67 bits per heavy atom. The van der Waals surface area contributed by atoms with Crippen LogP contribution in [0, 0.1) is 0 Å². The molecule has 0 fully saturated rings. The molecule has 82 valence electrons. The second-order valence-electron chi connectivity index (χ2n) is 2.62. The lowest BCUT2D eigenvalue weighted by Crippen LogP contribution is -2.25. The third-order valence-electron chi connectivity index (χ3n) is 1.55. The fourth-order valence-electron chi connectivity index (χ4n) is 0.869. The summed E-state index contributed by atoms with van der Waals surface area (Å²) < 4.78 is 25.2. The molecule has 1 heterocycles. The number of H-pyrrole nitrogens is 1. The summed E-state index contributed by atoms with van der Waals surface area (Å²) in [5.41, 5.74) is 7.98. The van der Waals surface area contributed by atoms with Crippen LogP contribution in [0.2, 0.25) is 0 Å². The second-order valence-corrected chi connectivity index (χ2v) is 4.36. The molecule has 1 aromatic heterocycles. The van der Waals surface area contributed by atoms with Gasteiger partial charge in [-0.05, 0) is 12.0 Å². The molecule has 0 unspecified atom stereocenters. The molecule has 0 atom stereocenters. The summed E-state index contributed by atoms with van der Waals surface area (Å²) in [6, 6.07) is 0. The van der Waals surface area contributed by atoms with Crippen LogP contribution in [0.5, 0.6) is 0 Å². The minimum atomic E-state index is -3.51. The van der Waals surface area contributed by atoms with Gasteiger partial charge in [-0.15, -0.1) is 0 Å². The molecule has 0 aliphatic rings. The van der Waals surface area contributed by atoms with Crippen LogP contribution in [0.4, 0.5) is 0 Å². The average molecular weight is 230 g/mol. The van der Waals surface area contributed by atoms with Crippen molar-refractivity contribution in [2.24, 2.45) is 5.11 Å². The fourth-order valence-corrected chi connectivity index (χ4v) is 1.84. The molecule has 0 bridgehead atoms. The van der Waals surface area contributed by atoms with Crippen LogP contribution in [0.3, 0.4) is 0 Å². The minimum Gasteiger partial charge on any atom is -0.335 e. The van der Waals surface area contributed by atoms with E-state index in [4.69, 9.17) is 5.53 Å². The molecular formula is C6H10N6O2S. The summed E-state index contributed by atoms with van der Waals surface area (Å²) in [6.07, 6.45) is 2.96. The summed E-state index contributed by atoms with van der Waals surface area (Å²) >= 11 is 0. The SMILES string of the molecule is [N-]=[N+]=NCCCNS(=O)(=O)c1cnc[nH]1. The van der Waals surface area contributed by atoms with Gasteiger partial charge in [0.25, 0.3) is 10.0 Å². The lowest BCUT2D eigenvalue weighted by Gasteiger charge is -2.02. The molecule has 15 heavy (non-hydrogen) atoms. The van der Waals surface area contributed by atoms with E-state index in [0.717, 1.165) is 0 Å². The van der Waals surface area contributed by atoms with Crippen LogP contribution in [0.25, 0.3) is 10.4 Å². The number of aromatic nitrogens is 2. The van der Waals surface area contributed by atoms with Gasteiger partial charge in [0, 0.05) is 18.0 Å². The molecule has 0 saturated carbocycles. The molecule has 9 heteroatoms. The normalized spacial score (nSPS) is 10.9. The minimum absolute atomic E-state index is 0.0197.